The average Bonchev–Trinajstić information content (AvgIpc) is 3.06. The molecule has 0 saturated carbocycles. The van der Waals surface area contributed by atoms with Crippen molar-refractivity contribution in [1.29, 1.82) is 0 Å². The van der Waals surface area contributed by atoms with Crippen molar-refractivity contribution in [3.63, 3.8) is 0 Å². The van der Waals surface area contributed by atoms with Crippen LogP contribution in [-0.4, -0.2) is 57.6 Å². The lowest BCUT2D eigenvalue weighted by molar-refractivity contribution is -0.140. The Morgan fingerprint density at radius 1 is 0.889 bits per heavy atom. The van der Waals surface area contributed by atoms with Crippen LogP contribution in [0.2, 0.25) is 0 Å². The summed E-state index contributed by atoms with van der Waals surface area (Å²) in [7, 11) is -2.60. The summed E-state index contributed by atoms with van der Waals surface area (Å²) in [6, 6.07) is 29.4. The highest BCUT2D eigenvalue weighted by Crippen LogP contribution is 2.27. The molecule has 45 heavy (non-hydrogen) atoms. The SMILES string of the molecule is CCNC(=O)[C@H](Cc1ccccc1)N(Cc1cccc(OC)c1)C(=O)CN(c1ccc(C)cc1)S(=O)(=O)c1ccc(SC)cc1. The quantitative estimate of drug-likeness (QED) is 0.177. The molecule has 4 aromatic rings. The standard InChI is InChI=1S/C35H39N3O5S2/c1-5-36-35(40)33(23-27-10-7-6-8-11-27)37(24-28-12-9-13-30(22-28)43-3)34(39)25-38(29-16-14-26(2)15-17-29)45(41,42)32-20-18-31(44-4)19-21-32/h6-22,33H,5,23-25H2,1-4H3,(H,36,40)/t33-/m0/s1. The highest BCUT2D eigenvalue weighted by atomic mass is 32.2. The van der Waals surface area contributed by atoms with Gasteiger partial charge in [-0.15, -0.1) is 11.8 Å². The normalized spacial score (nSPS) is 11.8. The van der Waals surface area contributed by atoms with E-state index in [1.807, 2.05) is 62.6 Å². The lowest BCUT2D eigenvalue weighted by Crippen LogP contribution is -2.53. The summed E-state index contributed by atoms with van der Waals surface area (Å²) >= 11 is 1.51. The lowest BCUT2D eigenvalue weighted by Gasteiger charge is -2.34. The molecule has 0 aliphatic carbocycles. The minimum absolute atomic E-state index is 0.0644. The van der Waals surface area contributed by atoms with Crippen LogP contribution in [0.1, 0.15) is 23.6 Å². The Balaban J connectivity index is 1.80. The maximum absolute atomic E-state index is 14.5. The first kappa shape index (κ1) is 33.6. The largest absolute Gasteiger partial charge is 0.497 e. The molecule has 8 nitrogen and oxygen atoms in total. The second-order valence-electron chi connectivity index (χ2n) is 10.5. The predicted molar refractivity (Wildman–Crippen MR) is 180 cm³/mol. The second-order valence-corrected chi connectivity index (χ2v) is 13.2. The molecule has 0 spiro atoms. The molecule has 4 aromatic carbocycles. The third kappa shape index (κ3) is 8.67. The molecular weight excluding hydrogens is 607 g/mol. The van der Waals surface area contributed by atoms with E-state index in [1.54, 1.807) is 67.8 Å². The molecule has 0 fully saturated rings. The van der Waals surface area contributed by atoms with Gasteiger partial charge in [0.1, 0.15) is 18.3 Å². The van der Waals surface area contributed by atoms with E-state index in [0.717, 1.165) is 25.9 Å². The Morgan fingerprint density at radius 3 is 2.18 bits per heavy atom. The van der Waals surface area contributed by atoms with Crippen molar-refractivity contribution in [2.75, 3.05) is 30.8 Å². The molecule has 0 aromatic heterocycles. The number of ether oxygens (including phenoxy) is 1. The molecule has 0 heterocycles. The number of likely N-dealkylation sites (N-methyl/N-ethyl adjacent to an activating group) is 1. The molecule has 236 valence electrons. The van der Waals surface area contributed by atoms with Gasteiger partial charge in [-0.05, 0) is 79.8 Å². The smallest absolute Gasteiger partial charge is 0.264 e. The minimum atomic E-state index is -4.16. The van der Waals surface area contributed by atoms with Crippen LogP contribution in [0, 0.1) is 6.92 Å². The Labute approximate surface area is 270 Å². The van der Waals surface area contributed by atoms with Crippen molar-refractivity contribution in [2.45, 2.75) is 42.6 Å². The highest BCUT2D eigenvalue weighted by Gasteiger charge is 2.34. The number of methoxy groups -OCH3 is 1. The number of sulfonamides is 1. The molecule has 0 bridgehead atoms. The van der Waals surface area contributed by atoms with Crippen LogP contribution in [0.15, 0.2) is 113 Å². The number of carbonyl (C=O) groups is 2. The second kappa shape index (κ2) is 15.6. The van der Waals surface area contributed by atoms with Gasteiger partial charge in [-0.1, -0.05) is 60.2 Å². The van der Waals surface area contributed by atoms with Crippen LogP contribution in [0.5, 0.6) is 5.75 Å². The van der Waals surface area contributed by atoms with Gasteiger partial charge in [0, 0.05) is 24.4 Å². The number of amides is 2. The number of carbonyl (C=O) groups excluding carboxylic acids is 2. The first-order valence-electron chi connectivity index (χ1n) is 14.6. The van der Waals surface area contributed by atoms with Gasteiger partial charge in [-0.3, -0.25) is 13.9 Å². The number of hydrogen-bond acceptors (Lipinski definition) is 6. The van der Waals surface area contributed by atoms with Gasteiger partial charge in [0.05, 0.1) is 17.7 Å². The zero-order valence-corrected chi connectivity index (χ0v) is 27.6. The number of benzene rings is 4. The van der Waals surface area contributed by atoms with Crippen molar-refractivity contribution < 1.29 is 22.7 Å². The van der Waals surface area contributed by atoms with E-state index in [4.69, 9.17) is 4.74 Å². The van der Waals surface area contributed by atoms with Crippen molar-refractivity contribution in [2.24, 2.45) is 0 Å². The number of rotatable bonds is 14. The molecule has 0 radical (unpaired) electrons. The monoisotopic (exact) mass is 645 g/mol. The van der Waals surface area contributed by atoms with Crippen LogP contribution in [-0.2, 0) is 32.6 Å². The maximum Gasteiger partial charge on any atom is 0.264 e. The topological polar surface area (TPSA) is 96.0 Å². The van der Waals surface area contributed by atoms with Gasteiger partial charge in [-0.25, -0.2) is 8.42 Å². The molecular formula is C35H39N3O5S2. The fraction of sp³-hybridized carbons (Fsp3) is 0.257. The molecule has 0 unspecified atom stereocenters. The molecule has 1 atom stereocenters. The Morgan fingerprint density at radius 2 is 1.56 bits per heavy atom. The van der Waals surface area contributed by atoms with E-state index in [9.17, 15) is 18.0 Å². The fourth-order valence-corrected chi connectivity index (χ4v) is 6.75. The van der Waals surface area contributed by atoms with E-state index in [1.165, 1.54) is 16.7 Å². The third-order valence-electron chi connectivity index (χ3n) is 7.36. The summed E-state index contributed by atoms with van der Waals surface area (Å²) in [5, 5.41) is 2.88. The predicted octanol–water partition coefficient (Wildman–Crippen LogP) is 5.70. The van der Waals surface area contributed by atoms with Crippen molar-refractivity contribution in [1.82, 2.24) is 10.2 Å². The molecule has 1 N–H and O–H groups in total. The zero-order chi connectivity index (χ0) is 32.4. The molecule has 0 aliphatic heterocycles. The van der Waals surface area contributed by atoms with Gasteiger partial charge >= 0.3 is 0 Å². The van der Waals surface area contributed by atoms with E-state index >= 15 is 0 Å². The molecule has 2 amide bonds. The number of nitrogens with one attached hydrogen (secondary N) is 1. The summed E-state index contributed by atoms with van der Waals surface area (Å²) in [6.07, 6.45) is 2.16. The lowest BCUT2D eigenvalue weighted by atomic mass is 10.0. The third-order valence-corrected chi connectivity index (χ3v) is 9.89. The van der Waals surface area contributed by atoms with Crippen molar-refractivity contribution in [3.05, 3.63) is 120 Å². The van der Waals surface area contributed by atoms with Crippen molar-refractivity contribution in [3.8, 4) is 5.75 Å². The van der Waals surface area contributed by atoms with Gasteiger partial charge in [0.2, 0.25) is 11.8 Å². The number of thioether (sulfide) groups is 1. The zero-order valence-electron chi connectivity index (χ0n) is 26.0. The summed E-state index contributed by atoms with van der Waals surface area (Å²) in [6.45, 7) is 3.66. The summed E-state index contributed by atoms with van der Waals surface area (Å²) in [5.41, 5.74) is 2.91. The Hall–Kier alpha value is -4.28. The van der Waals surface area contributed by atoms with E-state index in [0.29, 0.717) is 18.0 Å². The number of nitrogens with zero attached hydrogens (tertiary/aromatic N) is 2. The number of aryl methyl sites for hydroxylation is 1. The van der Waals surface area contributed by atoms with Crippen LogP contribution < -0.4 is 14.4 Å². The molecule has 0 saturated heterocycles. The van der Waals surface area contributed by atoms with E-state index in [2.05, 4.69) is 5.32 Å². The van der Waals surface area contributed by atoms with Gasteiger partial charge in [-0.2, -0.15) is 0 Å². The van der Waals surface area contributed by atoms with E-state index in [-0.39, 0.29) is 23.8 Å². The van der Waals surface area contributed by atoms with Gasteiger partial charge < -0.3 is 15.0 Å². The first-order chi connectivity index (χ1) is 21.7. The molecule has 0 aliphatic rings. The number of anilines is 1. The van der Waals surface area contributed by atoms with Crippen LogP contribution >= 0.6 is 11.8 Å². The summed E-state index contributed by atoms with van der Waals surface area (Å²) < 4.78 is 34.9. The average molecular weight is 646 g/mol. The van der Waals surface area contributed by atoms with Crippen LogP contribution in [0.25, 0.3) is 0 Å². The Kier molecular flexibility index (Phi) is 11.7. The van der Waals surface area contributed by atoms with Gasteiger partial charge in [0.25, 0.3) is 10.0 Å². The van der Waals surface area contributed by atoms with Gasteiger partial charge in [0.15, 0.2) is 0 Å². The Bertz CT molecular complexity index is 1680. The highest BCUT2D eigenvalue weighted by molar-refractivity contribution is 7.98. The minimum Gasteiger partial charge on any atom is -0.497 e. The first-order valence-corrected chi connectivity index (χ1v) is 17.3. The molecule has 10 heteroatoms. The summed E-state index contributed by atoms with van der Waals surface area (Å²) in [5.74, 6) is -0.236. The molecule has 4 rings (SSSR count). The maximum atomic E-state index is 14.5. The summed E-state index contributed by atoms with van der Waals surface area (Å²) in [4.78, 5) is 30.6. The van der Waals surface area contributed by atoms with E-state index < -0.39 is 28.5 Å². The fourth-order valence-electron chi connectivity index (χ4n) is 4.93. The van der Waals surface area contributed by atoms with Crippen LogP contribution in [0.4, 0.5) is 5.69 Å². The van der Waals surface area contributed by atoms with Crippen molar-refractivity contribution >= 4 is 39.3 Å². The number of hydrogen-bond donors (Lipinski definition) is 1. The van der Waals surface area contributed by atoms with Crippen LogP contribution in [0.3, 0.4) is 0 Å².